The maximum absolute atomic E-state index is 11.7. The van der Waals surface area contributed by atoms with Gasteiger partial charge in [0.05, 0.1) is 17.1 Å². The van der Waals surface area contributed by atoms with E-state index in [1.165, 1.54) is 0 Å². The second-order valence-corrected chi connectivity index (χ2v) is 6.61. The molecule has 1 aliphatic heterocycles. The molecule has 6 heteroatoms. The lowest BCUT2D eigenvalue weighted by Crippen LogP contribution is -2.40. The first-order chi connectivity index (χ1) is 11.2. The lowest BCUT2D eigenvalue weighted by molar-refractivity contribution is -0.119. The number of amides is 1. The number of aromatic nitrogens is 1. The van der Waals surface area contributed by atoms with E-state index in [1.54, 1.807) is 17.4 Å². The number of pyridine rings is 1. The largest absolute Gasteiger partial charge is 0.368 e. The quantitative estimate of drug-likeness (QED) is 0.786. The van der Waals surface area contributed by atoms with E-state index in [4.69, 9.17) is 16.0 Å². The highest BCUT2D eigenvalue weighted by Gasteiger charge is 2.31. The zero-order valence-electron chi connectivity index (χ0n) is 12.3. The fraction of sp³-hybridized carbons (Fsp3) is 0.235. The highest BCUT2D eigenvalue weighted by molar-refractivity contribution is 7.18. The van der Waals surface area contributed by atoms with Crippen LogP contribution in [-0.2, 0) is 4.79 Å². The van der Waals surface area contributed by atoms with Gasteiger partial charge in [0.25, 0.3) is 0 Å². The van der Waals surface area contributed by atoms with Gasteiger partial charge >= 0.3 is 0 Å². The van der Waals surface area contributed by atoms with E-state index < -0.39 is 0 Å². The van der Waals surface area contributed by atoms with Crippen molar-refractivity contribution in [3.05, 3.63) is 35.2 Å². The van der Waals surface area contributed by atoms with Gasteiger partial charge in [-0.05, 0) is 36.4 Å². The van der Waals surface area contributed by atoms with Gasteiger partial charge in [0.1, 0.15) is 11.9 Å². The monoisotopic (exact) mass is 322 g/mol. The van der Waals surface area contributed by atoms with Crippen LogP contribution in [0.3, 0.4) is 0 Å². The fourth-order valence-electron chi connectivity index (χ4n) is 3.29. The molecule has 2 N–H and O–H groups in total. The third kappa shape index (κ3) is 2.13. The van der Waals surface area contributed by atoms with Crippen molar-refractivity contribution >= 4 is 44.1 Å². The lowest BCUT2D eigenvalue weighted by atomic mass is 10.1. The van der Waals surface area contributed by atoms with Crippen LogP contribution in [0.5, 0.6) is 0 Å². The maximum atomic E-state index is 11.7. The Labute approximate surface area is 136 Å². The predicted octanol–water partition coefficient (Wildman–Crippen LogP) is 2.78. The molecule has 2 aromatic heterocycles. The molecule has 1 fully saturated rings. The minimum absolute atomic E-state index is 0.304. The van der Waals surface area contributed by atoms with Crippen LogP contribution in [0.25, 0.3) is 21.0 Å². The van der Waals surface area contributed by atoms with Crippen LogP contribution in [0, 0.1) is 11.3 Å². The van der Waals surface area contributed by atoms with E-state index in [9.17, 15) is 4.79 Å². The van der Waals surface area contributed by atoms with Crippen LogP contribution in [0.4, 0.5) is 5.82 Å². The summed E-state index contributed by atoms with van der Waals surface area (Å²) in [5.41, 5.74) is 6.92. The van der Waals surface area contributed by atoms with Crippen LogP contribution in [0.1, 0.15) is 18.4 Å². The molecule has 23 heavy (non-hydrogen) atoms. The van der Waals surface area contributed by atoms with Crippen LogP contribution in [-0.4, -0.2) is 23.5 Å². The van der Waals surface area contributed by atoms with Gasteiger partial charge in [-0.25, -0.2) is 4.98 Å². The molecule has 0 spiro atoms. The van der Waals surface area contributed by atoms with E-state index in [0.29, 0.717) is 5.56 Å². The summed E-state index contributed by atoms with van der Waals surface area (Å²) in [5.74, 6) is 0.490. The molecule has 3 heterocycles. The molecular formula is C17H14N4OS. The van der Waals surface area contributed by atoms with Gasteiger partial charge in [0.2, 0.25) is 5.91 Å². The van der Waals surface area contributed by atoms with Crippen LogP contribution in [0.15, 0.2) is 29.6 Å². The zero-order valence-corrected chi connectivity index (χ0v) is 13.1. The summed E-state index contributed by atoms with van der Waals surface area (Å²) in [6.45, 7) is 0.773. The van der Waals surface area contributed by atoms with Crippen molar-refractivity contribution in [2.24, 2.45) is 5.73 Å². The lowest BCUT2D eigenvalue weighted by Gasteiger charge is -2.24. The molecule has 3 aromatic rings. The van der Waals surface area contributed by atoms with E-state index in [1.807, 2.05) is 28.5 Å². The number of nitrogens with zero attached hydrogens (tertiary/aromatic N) is 3. The third-order valence-corrected chi connectivity index (χ3v) is 5.30. The minimum Gasteiger partial charge on any atom is -0.368 e. The van der Waals surface area contributed by atoms with Crippen molar-refractivity contribution in [1.29, 1.82) is 5.26 Å². The smallest absolute Gasteiger partial charge is 0.240 e. The number of nitrogens with two attached hydrogens (primary N) is 1. The highest BCUT2D eigenvalue weighted by Crippen LogP contribution is 2.37. The Balaban J connectivity index is 1.99. The van der Waals surface area contributed by atoms with E-state index in [2.05, 4.69) is 6.07 Å². The van der Waals surface area contributed by atoms with Crippen molar-refractivity contribution < 1.29 is 4.79 Å². The molecule has 0 unspecified atom stereocenters. The van der Waals surface area contributed by atoms with E-state index in [0.717, 1.165) is 46.2 Å². The average Bonchev–Trinajstić information content (AvgIpc) is 3.22. The first-order valence-electron chi connectivity index (χ1n) is 7.46. The molecule has 1 aromatic carbocycles. The molecule has 0 saturated carbocycles. The van der Waals surface area contributed by atoms with Gasteiger partial charge in [-0.1, -0.05) is 6.07 Å². The minimum atomic E-state index is -0.307. The normalized spacial score (nSPS) is 17.7. The summed E-state index contributed by atoms with van der Waals surface area (Å²) in [5, 5.41) is 13.2. The second kappa shape index (κ2) is 5.21. The molecule has 4 rings (SSSR count). The number of thiophene rings is 1. The number of primary amides is 1. The number of carbonyl (C=O) groups is 1. The van der Waals surface area contributed by atoms with Gasteiger partial charge in [0.15, 0.2) is 0 Å². The Bertz CT molecular complexity index is 972. The molecule has 0 aliphatic carbocycles. The Hall–Kier alpha value is -2.65. The molecule has 0 radical (unpaired) electrons. The summed E-state index contributed by atoms with van der Waals surface area (Å²) >= 11 is 1.65. The summed E-state index contributed by atoms with van der Waals surface area (Å²) < 4.78 is 1.13. The Kier molecular flexibility index (Phi) is 3.17. The van der Waals surface area contributed by atoms with Crippen molar-refractivity contribution in [3.8, 4) is 6.07 Å². The number of carbonyl (C=O) groups excluding carboxylic acids is 1. The van der Waals surface area contributed by atoms with Crippen molar-refractivity contribution in [2.45, 2.75) is 18.9 Å². The van der Waals surface area contributed by atoms with Crippen molar-refractivity contribution in [1.82, 2.24) is 4.98 Å². The van der Waals surface area contributed by atoms with Crippen LogP contribution < -0.4 is 10.6 Å². The number of nitriles is 1. The Morgan fingerprint density at radius 1 is 1.39 bits per heavy atom. The van der Waals surface area contributed by atoms with Crippen molar-refractivity contribution in [3.63, 3.8) is 0 Å². The number of benzene rings is 1. The first kappa shape index (κ1) is 14.0. The third-order valence-electron chi connectivity index (χ3n) is 4.36. The predicted molar refractivity (Wildman–Crippen MR) is 91.4 cm³/mol. The number of rotatable bonds is 2. The molecule has 114 valence electrons. The molecular weight excluding hydrogens is 308 g/mol. The van der Waals surface area contributed by atoms with E-state index in [-0.39, 0.29) is 11.9 Å². The number of fused-ring (bicyclic) bond motifs is 3. The average molecular weight is 322 g/mol. The summed E-state index contributed by atoms with van der Waals surface area (Å²) in [4.78, 5) is 18.5. The highest BCUT2D eigenvalue weighted by atomic mass is 32.1. The molecule has 1 saturated heterocycles. The van der Waals surface area contributed by atoms with Gasteiger partial charge in [-0.3, -0.25) is 4.79 Å². The molecule has 1 atom stereocenters. The van der Waals surface area contributed by atoms with Gasteiger partial charge in [-0.2, -0.15) is 5.26 Å². The van der Waals surface area contributed by atoms with Crippen molar-refractivity contribution in [2.75, 3.05) is 11.4 Å². The fourth-order valence-corrected chi connectivity index (χ4v) is 4.21. The maximum Gasteiger partial charge on any atom is 0.240 e. The van der Waals surface area contributed by atoms with Gasteiger partial charge in [-0.15, -0.1) is 11.3 Å². The molecule has 0 bridgehead atoms. The SMILES string of the molecule is N#Cc1ccc2c(c1)nc(N1CCC[C@H]1C(N)=O)c1ccsc12. The number of anilines is 1. The molecule has 5 nitrogen and oxygen atoms in total. The standard InChI is InChI=1S/C17H14N4OS/c18-9-10-3-4-11-13(8-10)20-17(12-5-7-23-15(11)12)21-6-1-2-14(21)16(19)22/h3-5,7-8,14H,1-2,6H2,(H2,19,22)/t14-/m0/s1. The van der Waals surface area contributed by atoms with E-state index >= 15 is 0 Å². The summed E-state index contributed by atoms with van der Waals surface area (Å²) in [6, 6.07) is 9.44. The molecule has 1 aliphatic rings. The van der Waals surface area contributed by atoms with Gasteiger partial charge < -0.3 is 10.6 Å². The van der Waals surface area contributed by atoms with Gasteiger partial charge in [0, 0.05) is 22.0 Å². The number of hydrogen-bond donors (Lipinski definition) is 1. The zero-order chi connectivity index (χ0) is 16.0. The second-order valence-electron chi connectivity index (χ2n) is 5.70. The van der Waals surface area contributed by atoms with Crippen LogP contribution in [0.2, 0.25) is 0 Å². The first-order valence-corrected chi connectivity index (χ1v) is 8.34. The van der Waals surface area contributed by atoms with Crippen LogP contribution >= 0.6 is 11.3 Å². The summed E-state index contributed by atoms with van der Waals surface area (Å²) in [6.07, 6.45) is 1.69. The Morgan fingerprint density at radius 2 is 2.26 bits per heavy atom. The molecule has 1 amide bonds. The topological polar surface area (TPSA) is 83.0 Å². The Morgan fingerprint density at radius 3 is 3.04 bits per heavy atom. The number of hydrogen-bond acceptors (Lipinski definition) is 5. The summed E-state index contributed by atoms with van der Waals surface area (Å²) in [7, 11) is 0.